The third-order valence-corrected chi connectivity index (χ3v) is 4.66. The number of halogens is 1. The highest BCUT2D eigenvalue weighted by Gasteiger charge is 2.29. The van der Waals surface area contributed by atoms with Crippen molar-refractivity contribution in [3.05, 3.63) is 46.6 Å². The van der Waals surface area contributed by atoms with E-state index in [1.54, 1.807) is 29.3 Å². The van der Waals surface area contributed by atoms with E-state index in [0.717, 1.165) is 10.9 Å². The Hall–Kier alpha value is -2.28. The topological polar surface area (TPSA) is 60.9 Å². The van der Waals surface area contributed by atoms with Crippen LogP contribution in [0.15, 0.2) is 41.0 Å². The Morgan fingerprint density at radius 3 is 3.04 bits per heavy atom. The summed E-state index contributed by atoms with van der Waals surface area (Å²) in [7, 11) is 0. The van der Waals surface area contributed by atoms with Crippen molar-refractivity contribution in [3.63, 3.8) is 0 Å². The van der Waals surface area contributed by atoms with Gasteiger partial charge in [0, 0.05) is 24.7 Å². The van der Waals surface area contributed by atoms with Crippen molar-refractivity contribution in [2.45, 2.75) is 12.5 Å². The van der Waals surface area contributed by atoms with Crippen molar-refractivity contribution in [2.24, 2.45) is 0 Å². The van der Waals surface area contributed by atoms with E-state index in [1.165, 1.54) is 0 Å². The zero-order chi connectivity index (χ0) is 16.5. The largest absolute Gasteiger partial charge is 0.472 e. The normalized spacial score (nSPS) is 18.7. The summed E-state index contributed by atoms with van der Waals surface area (Å²) in [5, 5.41) is 0. The summed E-state index contributed by atoms with van der Waals surface area (Å²) in [5.41, 5.74) is 0.596. The third kappa shape index (κ3) is 2.91. The van der Waals surface area contributed by atoms with Crippen LogP contribution < -0.4 is 14.2 Å². The molecular formula is C17H15BrN2O4. The summed E-state index contributed by atoms with van der Waals surface area (Å²) in [6, 6.07) is 8.98. The van der Waals surface area contributed by atoms with Crippen LogP contribution in [-0.2, 0) is 0 Å². The first-order chi connectivity index (χ1) is 11.7. The lowest BCUT2D eigenvalue weighted by molar-refractivity contribution is 0.0770. The zero-order valence-electron chi connectivity index (χ0n) is 12.8. The summed E-state index contributed by atoms with van der Waals surface area (Å²) < 4.78 is 17.3. The maximum Gasteiger partial charge on any atom is 0.254 e. The van der Waals surface area contributed by atoms with Gasteiger partial charge in [0.2, 0.25) is 12.7 Å². The first kappa shape index (κ1) is 15.3. The minimum atomic E-state index is -0.0610. The van der Waals surface area contributed by atoms with Crippen LogP contribution in [0.2, 0.25) is 0 Å². The maximum atomic E-state index is 12.7. The molecule has 7 heteroatoms. The zero-order valence-corrected chi connectivity index (χ0v) is 14.4. The van der Waals surface area contributed by atoms with E-state index in [1.807, 2.05) is 12.1 Å². The molecule has 0 radical (unpaired) electrons. The molecule has 2 aromatic rings. The molecule has 0 N–H and O–H groups in total. The van der Waals surface area contributed by atoms with Gasteiger partial charge in [0.15, 0.2) is 11.5 Å². The molecule has 0 saturated carbocycles. The maximum absolute atomic E-state index is 12.7. The molecule has 2 aliphatic heterocycles. The third-order valence-electron chi connectivity index (χ3n) is 4.05. The molecule has 3 heterocycles. The highest BCUT2D eigenvalue weighted by molar-refractivity contribution is 9.10. The van der Waals surface area contributed by atoms with Gasteiger partial charge >= 0.3 is 0 Å². The van der Waals surface area contributed by atoms with Crippen molar-refractivity contribution in [3.8, 4) is 17.4 Å². The lowest BCUT2D eigenvalue weighted by atomic mass is 10.2. The van der Waals surface area contributed by atoms with Crippen LogP contribution in [0.3, 0.4) is 0 Å². The van der Waals surface area contributed by atoms with Crippen molar-refractivity contribution in [1.82, 2.24) is 9.88 Å². The Labute approximate surface area is 147 Å². The number of nitrogens with zero attached hydrogens (tertiary/aromatic N) is 2. The van der Waals surface area contributed by atoms with Crippen molar-refractivity contribution in [2.75, 3.05) is 19.9 Å². The summed E-state index contributed by atoms with van der Waals surface area (Å²) >= 11 is 3.42. The molecule has 1 unspecified atom stereocenters. The van der Waals surface area contributed by atoms with E-state index in [0.29, 0.717) is 36.0 Å². The van der Waals surface area contributed by atoms with E-state index >= 15 is 0 Å². The second-order valence-electron chi connectivity index (χ2n) is 5.64. The summed E-state index contributed by atoms with van der Waals surface area (Å²) in [5.74, 6) is 1.82. The highest BCUT2D eigenvalue weighted by atomic mass is 79.9. The number of rotatable bonds is 3. The fourth-order valence-corrected chi connectivity index (χ4v) is 3.19. The lowest BCUT2D eigenvalue weighted by Crippen LogP contribution is -2.31. The standard InChI is InChI=1S/C17H15BrN2O4/c18-13-2-1-6-19-16(13)24-12-5-7-20(9-12)17(21)11-3-4-14-15(8-11)23-10-22-14/h1-4,6,8,12H,5,7,9-10H2. The molecule has 24 heavy (non-hydrogen) atoms. The number of pyridine rings is 1. The number of ether oxygens (including phenoxy) is 3. The molecule has 1 aromatic heterocycles. The monoisotopic (exact) mass is 390 g/mol. The Bertz CT molecular complexity index is 783. The van der Waals surface area contributed by atoms with Gasteiger partial charge in [-0.3, -0.25) is 4.79 Å². The van der Waals surface area contributed by atoms with Gasteiger partial charge in [0.25, 0.3) is 5.91 Å². The lowest BCUT2D eigenvalue weighted by Gasteiger charge is -2.17. The van der Waals surface area contributed by atoms with Crippen LogP contribution in [0.25, 0.3) is 0 Å². The average Bonchev–Trinajstić information content (AvgIpc) is 3.24. The molecule has 2 aliphatic rings. The number of hydrogen-bond acceptors (Lipinski definition) is 5. The number of likely N-dealkylation sites (tertiary alicyclic amines) is 1. The van der Waals surface area contributed by atoms with E-state index in [9.17, 15) is 4.79 Å². The van der Waals surface area contributed by atoms with Crippen molar-refractivity contribution in [1.29, 1.82) is 0 Å². The Balaban J connectivity index is 1.43. The molecule has 4 rings (SSSR count). The molecule has 1 aromatic carbocycles. The summed E-state index contributed by atoms with van der Waals surface area (Å²) in [6.45, 7) is 1.39. The number of hydrogen-bond donors (Lipinski definition) is 0. The molecule has 1 atom stereocenters. The number of benzene rings is 1. The van der Waals surface area contributed by atoms with Gasteiger partial charge in [-0.1, -0.05) is 0 Å². The molecule has 0 spiro atoms. The van der Waals surface area contributed by atoms with Crippen LogP contribution in [0.5, 0.6) is 17.4 Å². The van der Waals surface area contributed by atoms with E-state index in [-0.39, 0.29) is 18.8 Å². The first-order valence-corrected chi connectivity index (χ1v) is 8.46. The average molecular weight is 391 g/mol. The molecule has 0 aliphatic carbocycles. The molecule has 1 amide bonds. The van der Waals surface area contributed by atoms with Gasteiger partial charge in [-0.2, -0.15) is 0 Å². The number of fused-ring (bicyclic) bond motifs is 1. The minimum Gasteiger partial charge on any atom is -0.472 e. The Morgan fingerprint density at radius 2 is 2.17 bits per heavy atom. The molecule has 0 bridgehead atoms. The van der Waals surface area contributed by atoms with Gasteiger partial charge in [-0.15, -0.1) is 0 Å². The van der Waals surface area contributed by atoms with Crippen LogP contribution in [0, 0.1) is 0 Å². The second-order valence-corrected chi connectivity index (χ2v) is 6.49. The fraction of sp³-hybridized carbons (Fsp3) is 0.294. The van der Waals surface area contributed by atoms with Crippen LogP contribution in [0.1, 0.15) is 16.8 Å². The smallest absolute Gasteiger partial charge is 0.254 e. The van der Waals surface area contributed by atoms with Crippen LogP contribution in [0.4, 0.5) is 0 Å². The van der Waals surface area contributed by atoms with E-state index in [2.05, 4.69) is 20.9 Å². The van der Waals surface area contributed by atoms with Crippen molar-refractivity contribution >= 4 is 21.8 Å². The minimum absolute atomic E-state index is 0.0283. The summed E-state index contributed by atoms with van der Waals surface area (Å²) in [4.78, 5) is 18.7. The van der Waals surface area contributed by atoms with Gasteiger partial charge in [0.1, 0.15) is 6.10 Å². The Morgan fingerprint density at radius 1 is 1.29 bits per heavy atom. The van der Waals surface area contributed by atoms with Gasteiger partial charge < -0.3 is 19.1 Å². The number of amides is 1. The van der Waals surface area contributed by atoms with Crippen LogP contribution in [-0.4, -0.2) is 41.8 Å². The Kier molecular flexibility index (Phi) is 4.02. The van der Waals surface area contributed by atoms with Gasteiger partial charge in [-0.25, -0.2) is 4.98 Å². The van der Waals surface area contributed by atoms with Gasteiger partial charge in [-0.05, 0) is 46.3 Å². The van der Waals surface area contributed by atoms with Crippen LogP contribution >= 0.6 is 15.9 Å². The van der Waals surface area contributed by atoms with E-state index < -0.39 is 0 Å². The highest BCUT2D eigenvalue weighted by Crippen LogP contribution is 2.33. The molecule has 124 valence electrons. The van der Waals surface area contributed by atoms with Crippen molar-refractivity contribution < 1.29 is 19.0 Å². The predicted octanol–water partition coefficient (Wildman–Crippen LogP) is 2.87. The second kappa shape index (κ2) is 6.32. The first-order valence-electron chi connectivity index (χ1n) is 7.67. The molecule has 1 saturated heterocycles. The fourth-order valence-electron chi connectivity index (χ4n) is 2.84. The molecule has 1 fully saturated rings. The number of aromatic nitrogens is 1. The van der Waals surface area contributed by atoms with Gasteiger partial charge in [0.05, 0.1) is 11.0 Å². The molecular weight excluding hydrogens is 376 g/mol. The van der Waals surface area contributed by atoms with E-state index in [4.69, 9.17) is 14.2 Å². The predicted molar refractivity (Wildman–Crippen MR) is 89.4 cm³/mol. The molecule has 6 nitrogen and oxygen atoms in total. The number of carbonyl (C=O) groups is 1. The quantitative estimate of drug-likeness (QED) is 0.806. The SMILES string of the molecule is O=C(c1ccc2c(c1)OCO2)N1CCC(Oc2ncccc2Br)C1. The number of carbonyl (C=O) groups excluding carboxylic acids is 1. The summed E-state index contributed by atoms with van der Waals surface area (Å²) in [6.07, 6.45) is 2.40.